The maximum atomic E-state index is 12.1. The van der Waals surface area contributed by atoms with Crippen molar-refractivity contribution < 1.29 is 4.79 Å². The third-order valence-corrected chi connectivity index (χ3v) is 2.98. The first-order chi connectivity index (χ1) is 8.50. The molecule has 0 bridgehead atoms. The summed E-state index contributed by atoms with van der Waals surface area (Å²) in [7, 11) is 1.75. The molecule has 1 amide bonds. The molecule has 1 aromatic heterocycles. The van der Waals surface area contributed by atoms with Crippen LogP contribution in [0.15, 0.2) is 42.6 Å². The summed E-state index contributed by atoms with van der Waals surface area (Å²) in [6.07, 6.45) is 1.62. The Hall–Kier alpha value is -2.10. The third-order valence-electron chi connectivity index (χ3n) is 2.98. The zero-order valence-electron chi connectivity index (χ0n) is 10.8. The first kappa shape index (κ1) is 12.4. The normalized spacial score (nSPS) is 11.3. The van der Waals surface area contributed by atoms with Gasteiger partial charge in [0, 0.05) is 13.2 Å². The highest BCUT2D eigenvalue weighted by Crippen LogP contribution is 2.19. The SMILES string of the molecule is Cn1nccc1C(=O)NC(C)(C)c1ccccc1. The molecule has 0 aliphatic heterocycles. The lowest BCUT2D eigenvalue weighted by molar-refractivity contribution is 0.0902. The van der Waals surface area contributed by atoms with E-state index >= 15 is 0 Å². The summed E-state index contributed by atoms with van der Waals surface area (Å²) in [6, 6.07) is 11.6. The first-order valence-electron chi connectivity index (χ1n) is 5.87. The Bertz CT molecular complexity index is 543. The van der Waals surface area contributed by atoms with Crippen molar-refractivity contribution in [1.29, 1.82) is 0 Å². The van der Waals surface area contributed by atoms with Gasteiger partial charge in [-0.25, -0.2) is 0 Å². The van der Waals surface area contributed by atoms with E-state index in [-0.39, 0.29) is 5.91 Å². The summed E-state index contributed by atoms with van der Waals surface area (Å²) in [5.41, 5.74) is 1.21. The Morgan fingerprint density at radius 2 is 1.89 bits per heavy atom. The number of aryl methyl sites for hydroxylation is 1. The average molecular weight is 243 g/mol. The molecule has 94 valence electrons. The van der Waals surface area contributed by atoms with Crippen molar-refractivity contribution in [2.75, 3.05) is 0 Å². The van der Waals surface area contributed by atoms with Crippen molar-refractivity contribution in [3.8, 4) is 0 Å². The van der Waals surface area contributed by atoms with Crippen molar-refractivity contribution in [3.63, 3.8) is 0 Å². The molecule has 0 aliphatic carbocycles. The summed E-state index contributed by atoms with van der Waals surface area (Å²) in [5, 5.41) is 7.01. The lowest BCUT2D eigenvalue weighted by Gasteiger charge is -2.26. The van der Waals surface area contributed by atoms with Crippen LogP contribution >= 0.6 is 0 Å². The second-order valence-electron chi connectivity index (χ2n) is 4.79. The molecule has 1 aromatic carbocycles. The lowest BCUT2D eigenvalue weighted by Crippen LogP contribution is -2.41. The molecule has 2 rings (SSSR count). The molecule has 0 aliphatic rings. The molecule has 1 N–H and O–H groups in total. The van der Waals surface area contributed by atoms with E-state index in [2.05, 4.69) is 10.4 Å². The van der Waals surface area contributed by atoms with Crippen LogP contribution in [-0.2, 0) is 12.6 Å². The van der Waals surface area contributed by atoms with E-state index in [1.807, 2.05) is 44.2 Å². The van der Waals surface area contributed by atoms with Gasteiger partial charge in [-0.2, -0.15) is 5.10 Å². The van der Waals surface area contributed by atoms with Crippen LogP contribution in [-0.4, -0.2) is 15.7 Å². The molecule has 2 aromatic rings. The van der Waals surface area contributed by atoms with Crippen LogP contribution in [0.3, 0.4) is 0 Å². The number of carbonyl (C=O) groups excluding carboxylic acids is 1. The highest BCUT2D eigenvalue weighted by Gasteiger charge is 2.24. The average Bonchev–Trinajstić information content (AvgIpc) is 2.76. The van der Waals surface area contributed by atoms with Crippen LogP contribution in [0, 0.1) is 0 Å². The van der Waals surface area contributed by atoms with Gasteiger partial charge in [-0.15, -0.1) is 0 Å². The Balaban J connectivity index is 2.19. The molecule has 0 fully saturated rings. The van der Waals surface area contributed by atoms with E-state index in [0.29, 0.717) is 5.69 Å². The zero-order valence-corrected chi connectivity index (χ0v) is 10.8. The molecule has 4 heteroatoms. The van der Waals surface area contributed by atoms with Crippen LogP contribution < -0.4 is 5.32 Å². The molecule has 0 saturated carbocycles. The second-order valence-corrected chi connectivity index (χ2v) is 4.79. The molecule has 0 atom stereocenters. The van der Waals surface area contributed by atoms with Crippen molar-refractivity contribution in [1.82, 2.24) is 15.1 Å². The van der Waals surface area contributed by atoms with E-state index in [9.17, 15) is 4.79 Å². The van der Waals surface area contributed by atoms with Crippen LogP contribution in [0.25, 0.3) is 0 Å². The Labute approximate surface area is 107 Å². The van der Waals surface area contributed by atoms with Crippen molar-refractivity contribution >= 4 is 5.91 Å². The molecule has 0 spiro atoms. The van der Waals surface area contributed by atoms with E-state index in [0.717, 1.165) is 5.56 Å². The van der Waals surface area contributed by atoms with Gasteiger partial charge in [0.25, 0.3) is 5.91 Å². The summed E-state index contributed by atoms with van der Waals surface area (Å²) < 4.78 is 1.57. The van der Waals surface area contributed by atoms with Gasteiger partial charge in [-0.05, 0) is 25.5 Å². The molecule has 4 nitrogen and oxygen atoms in total. The highest BCUT2D eigenvalue weighted by atomic mass is 16.2. The van der Waals surface area contributed by atoms with Gasteiger partial charge >= 0.3 is 0 Å². The highest BCUT2D eigenvalue weighted by molar-refractivity contribution is 5.93. The summed E-state index contributed by atoms with van der Waals surface area (Å²) in [4.78, 5) is 12.1. The molecule has 0 radical (unpaired) electrons. The maximum Gasteiger partial charge on any atom is 0.270 e. The minimum Gasteiger partial charge on any atom is -0.342 e. The van der Waals surface area contributed by atoms with Gasteiger partial charge in [0.15, 0.2) is 0 Å². The van der Waals surface area contributed by atoms with Crippen molar-refractivity contribution in [2.45, 2.75) is 19.4 Å². The van der Waals surface area contributed by atoms with Crippen LogP contribution in [0.2, 0.25) is 0 Å². The number of amides is 1. The maximum absolute atomic E-state index is 12.1. The first-order valence-corrected chi connectivity index (χ1v) is 5.87. The van der Waals surface area contributed by atoms with Gasteiger partial charge in [0.05, 0.1) is 5.54 Å². The largest absolute Gasteiger partial charge is 0.342 e. The fraction of sp³-hybridized carbons (Fsp3) is 0.286. The smallest absolute Gasteiger partial charge is 0.270 e. The van der Waals surface area contributed by atoms with E-state index in [4.69, 9.17) is 0 Å². The molecule has 18 heavy (non-hydrogen) atoms. The monoisotopic (exact) mass is 243 g/mol. The van der Waals surface area contributed by atoms with Crippen LogP contribution in [0.5, 0.6) is 0 Å². The van der Waals surface area contributed by atoms with Gasteiger partial charge < -0.3 is 5.32 Å². The third kappa shape index (κ3) is 2.42. The van der Waals surface area contributed by atoms with Crippen LogP contribution in [0.1, 0.15) is 29.9 Å². The number of aromatic nitrogens is 2. The summed E-state index contributed by atoms with van der Waals surface area (Å²) in [5.74, 6) is -0.121. The standard InChI is InChI=1S/C14H17N3O/c1-14(2,11-7-5-4-6-8-11)16-13(18)12-9-10-15-17(12)3/h4-10H,1-3H3,(H,16,18). The molecule has 1 heterocycles. The number of nitrogens with one attached hydrogen (secondary N) is 1. The molecular weight excluding hydrogens is 226 g/mol. The topological polar surface area (TPSA) is 46.9 Å². The van der Waals surface area contributed by atoms with Gasteiger partial charge in [0.2, 0.25) is 0 Å². The number of hydrogen-bond donors (Lipinski definition) is 1. The van der Waals surface area contributed by atoms with E-state index < -0.39 is 5.54 Å². The Morgan fingerprint density at radius 3 is 2.44 bits per heavy atom. The number of carbonyl (C=O) groups is 1. The van der Waals surface area contributed by atoms with Gasteiger partial charge in [-0.1, -0.05) is 30.3 Å². The van der Waals surface area contributed by atoms with E-state index in [1.54, 1.807) is 24.0 Å². The number of benzene rings is 1. The quantitative estimate of drug-likeness (QED) is 0.897. The Morgan fingerprint density at radius 1 is 1.22 bits per heavy atom. The van der Waals surface area contributed by atoms with Crippen molar-refractivity contribution in [2.24, 2.45) is 7.05 Å². The second kappa shape index (κ2) is 4.64. The lowest BCUT2D eigenvalue weighted by atomic mass is 9.94. The van der Waals surface area contributed by atoms with Gasteiger partial charge in [-0.3, -0.25) is 9.48 Å². The minimum absolute atomic E-state index is 0.121. The predicted octanol–water partition coefficient (Wildman–Crippen LogP) is 2.09. The van der Waals surface area contributed by atoms with Gasteiger partial charge in [0.1, 0.15) is 5.69 Å². The minimum atomic E-state index is -0.414. The molecule has 0 unspecified atom stereocenters. The Kier molecular flexibility index (Phi) is 3.19. The number of hydrogen-bond acceptors (Lipinski definition) is 2. The summed E-state index contributed by atoms with van der Waals surface area (Å²) in [6.45, 7) is 3.97. The molecule has 0 saturated heterocycles. The van der Waals surface area contributed by atoms with Crippen molar-refractivity contribution in [3.05, 3.63) is 53.9 Å². The van der Waals surface area contributed by atoms with Crippen LogP contribution in [0.4, 0.5) is 0 Å². The fourth-order valence-corrected chi connectivity index (χ4v) is 1.87. The number of rotatable bonds is 3. The summed E-state index contributed by atoms with van der Waals surface area (Å²) >= 11 is 0. The predicted molar refractivity (Wildman–Crippen MR) is 70.1 cm³/mol. The molecular formula is C14H17N3O. The van der Waals surface area contributed by atoms with E-state index in [1.165, 1.54) is 0 Å². The zero-order chi connectivity index (χ0) is 13.2. The fourth-order valence-electron chi connectivity index (χ4n) is 1.87. The number of nitrogens with zero attached hydrogens (tertiary/aromatic N) is 2.